The topological polar surface area (TPSA) is 71.5 Å². The maximum atomic E-state index is 12.0. The summed E-state index contributed by atoms with van der Waals surface area (Å²) in [5.74, 6) is 0.735. The Morgan fingerprint density at radius 2 is 2.25 bits per heavy atom. The molecule has 20 heavy (non-hydrogen) atoms. The Morgan fingerprint density at radius 1 is 1.45 bits per heavy atom. The van der Waals surface area contributed by atoms with Crippen LogP contribution in [0.1, 0.15) is 5.76 Å². The first-order valence-electron chi connectivity index (χ1n) is 6.10. The minimum absolute atomic E-state index is 0.0930. The van der Waals surface area contributed by atoms with Crippen LogP contribution in [0.25, 0.3) is 0 Å². The molecular formula is C14H16BrN3O2. The van der Waals surface area contributed by atoms with Crippen molar-refractivity contribution in [1.82, 2.24) is 4.90 Å². The second-order valence-corrected chi connectivity index (χ2v) is 5.39. The van der Waals surface area contributed by atoms with Gasteiger partial charge in [-0.3, -0.25) is 9.69 Å². The van der Waals surface area contributed by atoms with Gasteiger partial charge in [-0.05, 0) is 53.3 Å². The van der Waals surface area contributed by atoms with Crippen LogP contribution < -0.4 is 11.1 Å². The zero-order valence-electron chi connectivity index (χ0n) is 11.1. The second kappa shape index (κ2) is 6.58. The van der Waals surface area contributed by atoms with Gasteiger partial charge in [0.05, 0.1) is 25.0 Å². The third-order valence-corrected chi connectivity index (χ3v) is 3.34. The fourth-order valence-electron chi connectivity index (χ4n) is 1.79. The van der Waals surface area contributed by atoms with Crippen molar-refractivity contribution in [3.63, 3.8) is 0 Å². The Balaban J connectivity index is 1.88. The molecule has 1 amide bonds. The fraction of sp³-hybridized carbons (Fsp3) is 0.214. The average molecular weight is 338 g/mol. The molecule has 0 saturated heterocycles. The van der Waals surface area contributed by atoms with Crippen molar-refractivity contribution < 1.29 is 9.21 Å². The van der Waals surface area contributed by atoms with E-state index in [1.165, 1.54) is 0 Å². The van der Waals surface area contributed by atoms with E-state index in [0.717, 1.165) is 10.2 Å². The Kier molecular flexibility index (Phi) is 4.81. The van der Waals surface area contributed by atoms with Crippen molar-refractivity contribution in [3.05, 3.63) is 46.8 Å². The van der Waals surface area contributed by atoms with Crippen molar-refractivity contribution in [1.29, 1.82) is 0 Å². The highest BCUT2D eigenvalue weighted by atomic mass is 79.9. The van der Waals surface area contributed by atoms with E-state index < -0.39 is 0 Å². The van der Waals surface area contributed by atoms with E-state index in [4.69, 9.17) is 10.2 Å². The molecule has 1 aromatic carbocycles. The molecule has 6 heteroatoms. The molecule has 0 aliphatic rings. The Labute approximate surface area is 125 Å². The summed E-state index contributed by atoms with van der Waals surface area (Å²) in [4.78, 5) is 13.8. The van der Waals surface area contributed by atoms with E-state index in [1.807, 2.05) is 24.1 Å². The summed E-state index contributed by atoms with van der Waals surface area (Å²) in [6, 6.07) is 8.97. The molecule has 0 aliphatic heterocycles. The first-order valence-corrected chi connectivity index (χ1v) is 6.89. The van der Waals surface area contributed by atoms with Gasteiger partial charge in [0.2, 0.25) is 5.91 Å². The number of halogens is 1. The number of nitrogens with one attached hydrogen (secondary N) is 1. The highest BCUT2D eigenvalue weighted by Crippen LogP contribution is 2.24. The van der Waals surface area contributed by atoms with Gasteiger partial charge in [0.1, 0.15) is 5.76 Å². The first kappa shape index (κ1) is 14.6. The quantitative estimate of drug-likeness (QED) is 0.823. The highest BCUT2D eigenvalue weighted by Gasteiger charge is 2.10. The van der Waals surface area contributed by atoms with Crippen molar-refractivity contribution in [2.75, 3.05) is 24.6 Å². The predicted molar refractivity (Wildman–Crippen MR) is 82.2 cm³/mol. The number of furan rings is 1. The number of amides is 1. The largest absolute Gasteiger partial charge is 0.468 e. The van der Waals surface area contributed by atoms with E-state index in [1.54, 1.807) is 24.5 Å². The van der Waals surface area contributed by atoms with Crippen LogP contribution in [0.15, 0.2) is 45.5 Å². The molecule has 2 aromatic rings. The van der Waals surface area contributed by atoms with E-state index in [2.05, 4.69) is 21.2 Å². The fourth-order valence-corrected chi connectivity index (χ4v) is 2.29. The molecule has 0 unspecified atom stereocenters. The van der Waals surface area contributed by atoms with Crippen LogP contribution in [0.5, 0.6) is 0 Å². The number of likely N-dealkylation sites (N-methyl/N-ethyl adjacent to an activating group) is 1. The normalized spacial score (nSPS) is 10.8. The van der Waals surface area contributed by atoms with Crippen LogP contribution in [-0.2, 0) is 11.3 Å². The van der Waals surface area contributed by atoms with Crippen molar-refractivity contribution in [2.45, 2.75) is 6.54 Å². The smallest absolute Gasteiger partial charge is 0.238 e. The number of carbonyl (C=O) groups excluding carboxylic acids is 1. The highest BCUT2D eigenvalue weighted by molar-refractivity contribution is 9.10. The van der Waals surface area contributed by atoms with Crippen molar-refractivity contribution >= 4 is 33.2 Å². The number of nitrogens with two attached hydrogens (primary N) is 1. The number of hydrogen-bond acceptors (Lipinski definition) is 4. The minimum Gasteiger partial charge on any atom is -0.468 e. The number of benzene rings is 1. The third kappa shape index (κ3) is 4.11. The van der Waals surface area contributed by atoms with Gasteiger partial charge in [-0.2, -0.15) is 0 Å². The molecule has 0 fully saturated rings. The van der Waals surface area contributed by atoms with Gasteiger partial charge in [0.15, 0.2) is 0 Å². The molecule has 2 rings (SSSR count). The number of nitrogen functional groups attached to an aromatic ring is 1. The molecule has 0 bridgehead atoms. The second-order valence-electron chi connectivity index (χ2n) is 4.54. The maximum absolute atomic E-state index is 12.0. The lowest BCUT2D eigenvalue weighted by atomic mass is 10.3. The Hall–Kier alpha value is -1.79. The molecule has 0 saturated carbocycles. The summed E-state index contributed by atoms with van der Waals surface area (Å²) < 4.78 is 6.00. The molecule has 0 radical (unpaired) electrons. The van der Waals surface area contributed by atoms with Crippen LogP contribution in [-0.4, -0.2) is 24.4 Å². The zero-order chi connectivity index (χ0) is 14.5. The maximum Gasteiger partial charge on any atom is 0.238 e. The summed E-state index contributed by atoms with van der Waals surface area (Å²) in [5.41, 5.74) is 7.00. The Bertz CT molecular complexity index is 584. The van der Waals surface area contributed by atoms with Gasteiger partial charge in [0.25, 0.3) is 0 Å². The number of carbonyl (C=O) groups is 1. The van der Waals surface area contributed by atoms with Crippen LogP contribution in [0.4, 0.5) is 11.4 Å². The average Bonchev–Trinajstić information content (AvgIpc) is 2.85. The molecule has 1 heterocycles. The number of nitrogens with zero attached hydrogens (tertiary/aromatic N) is 1. The van der Waals surface area contributed by atoms with Gasteiger partial charge in [0, 0.05) is 10.2 Å². The monoisotopic (exact) mass is 337 g/mol. The summed E-state index contributed by atoms with van der Waals surface area (Å²) in [6.07, 6.45) is 1.62. The molecule has 0 aliphatic carbocycles. The molecule has 3 N–H and O–H groups in total. The van der Waals surface area contributed by atoms with Gasteiger partial charge < -0.3 is 15.5 Å². The predicted octanol–water partition coefficient (Wildman–Crippen LogP) is 2.69. The standard InChI is InChI=1S/C14H16BrN3O2/c1-18(8-11-3-2-6-20-11)9-14(19)17-13-5-4-10(16)7-12(13)15/h2-7H,8-9,16H2,1H3,(H,17,19). The van der Waals surface area contributed by atoms with Crippen molar-refractivity contribution in [2.24, 2.45) is 0 Å². The minimum atomic E-state index is -0.0930. The lowest BCUT2D eigenvalue weighted by Gasteiger charge is -2.15. The van der Waals surface area contributed by atoms with Crippen LogP contribution in [0.3, 0.4) is 0 Å². The van der Waals surface area contributed by atoms with Gasteiger partial charge in [-0.15, -0.1) is 0 Å². The van der Waals surface area contributed by atoms with Gasteiger partial charge >= 0.3 is 0 Å². The number of anilines is 2. The van der Waals surface area contributed by atoms with Crippen LogP contribution in [0.2, 0.25) is 0 Å². The molecular weight excluding hydrogens is 322 g/mol. The van der Waals surface area contributed by atoms with Crippen LogP contribution in [0, 0.1) is 0 Å². The lowest BCUT2D eigenvalue weighted by Crippen LogP contribution is -2.29. The zero-order valence-corrected chi connectivity index (χ0v) is 12.7. The number of hydrogen-bond donors (Lipinski definition) is 2. The summed E-state index contributed by atoms with van der Waals surface area (Å²) in [7, 11) is 1.86. The molecule has 0 atom stereocenters. The van der Waals surface area contributed by atoms with E-state index in [-0.39, 0.29) is 12.5 Å². The number of rotatable bonds is 5. The van der Waals surface area contributed by atoms with E-state index in [0.29, 0.717) is 17.9 Å². The van der Waals surface area contributed by atoms with Crippen LogP contribution >= 0.6 is 15.9 Å². The molecule has 5 nitrogen and oxygen atoms in total. The van der Waals surface area contributed by atoms with E-state index in [9.17, 15) is 4.79 Å². The molecule has 1 aromatic heterocycles. The molecule has 106 valence electrons. The van der Waals surface area contributed by atoms with Gasteiger partial charge in [-0.25, -0.2) is 0 Å². The van der Waals surface area contributed by atoms with Gasteiger partial charge in [-0.1, -0.05) is 0 Å². The third-order valence-electron chi connectivity index (χ3n) is 2.69. The lowest BCUT2D eigenvalue weighted by molar-refractivity contribution is -0.117. The summed E-state index contributed by atoms with van der Waals surface area (Å²) in [6.45, 7) is 0.862. The molecule has 0 spiro atoms. The van der Waals surface area contributed by atoms with E-state index >= 15 is 0 Å². The SMILES string of the molecule is CN(CC(=O)Nc1ccc(N)cc1Br)Cc1ccco1. The summed E-state index contributed by atoms with van der Waals surface area (Å²) in [5, 5.41) is 2.83. The van der Waals surface area contributed by atoms with Crippen molar-refractivity contribution in [3.8, 4) is 0 Å². The Morgan fingerprint density at radius 3 is 2.90 bits per heavy atom. The summed E-state index contributed by atoms with van der Waals surface area (Å²) >= 11 is 3.37. The first-order chi connectivity index (χ1) is 9.54.